The van der Waals surface area contributed by atoms with Crippen molar-refractivity contribution in [2.24, 2.45) is 0 Å². The summed E-state index contributed by atoms with van der Waals surface area (Å²) in [6.45, 7) is 0.554. The first-order chi connectivity index (χ1) is 9.33. The third kappa shape index (κ3) is 3.42. The summed E-state index contributed by atoms with van der Waals surface area (Å²) in [5.41, 5.74) is 1.97. The number of aromatic nitrogens is 2. The zero-order valence-corrected chi connectivity index (χ0v) is 10.6. The molecular formula is C14H14N4O. The standard InChI is InChI=1S/C14H14N4O/c1-19-13-5-3-11(4-6-13)12-9-17-14(18-10-12)16-8-2-7-15/h3-6,9-10H,2,8H2,1H3,(H,16,17,18). The number of ether oxygens (including phenoxy) is 1. The van der Waals surface area contributed by atoms with Crippen LogP contribution in [0.1, 0.15) is 6.42 Å². The molecule has 2 rings (SSSR count). The lowest BCUT2D eigenvalue weighted by molar-refractivity contribution is 0.415. The Morgan fingerprint density at radius 3 is 2.42 bits per heavy atom. The molecule has 0 radical (unpaired) electrons. The Kier molecular flexibility index (Phi) is 4.29. The molecule has 0 atom stereocenters. The summed E-state index contributed by atoms with van der Waals surface area (Å²) in [5, 5.41) is 11.4. The van der Waals surface area contributed by atoms with Crippen LogP contribution in [0.4, 0.5) is 5.95 Å². The van der Waals surface area contributed by atoms with E-state index >= 15 is 0 Å². The molecule has 0 aliphatic heterocycles. The Morgan fingerprint density at radius 1 is 1.16 bits per heavy atom. The maximum atomic E-state index is 8.44. The number of benzene rings is 1. The van der Waals surface area contributed by atoms with E-state index in [1.54, 1.807) is 19.5 Å². The van der Waals surface area contributed by atoms with Crippen LogP contribution in [-0.4, -0.2) is 23.6 Å². The van der Waals surface area contributed by atoms with Crippen LogP contribution < -0.4 is 10.1 Å². The number of rotatable bonds is 5. The maximum Gasteiger partial charge on any atom is 0.222 e. The second kappa shape index (κ2) is 6.36. The molecule has 0 saturated heterocycles. The van der Waals surface area contributed by atoms with Crippen molar-refractivity contribution >= 4 is 5.95 Å². The van der Waals surface area contributed by atoms with Crippen molar-refractivity contribution < 1.29 is 4.74 Å². The van der Waals surface area contributed by atoms with Crippen molar-refractivity contribution in [3.8, 4) is 22.9 Å². The molecule has 0 aliphatic rings. The number of methoxy groups -OCH3 is 1. The van der Waals surface area contributed by atoms with Gasteiger partial charge in [0.05, 0.1) is 19.6 Å². The summed E-state index contributed by atoms with van der Waals surface area (Å²) in [7, 11) is 1.64. The Balaban J connectivity index is 2.06. The van der Waals surface area contributed by atoms with E-state index in [0.717, 1.165) is 16.9 Å². The van der Waals surface area contributed by atoms with Gasteiger partial charge in [0.15, 0.2) is 0 Å². The van der Waals surface area contributed by atoms with Gasteiger partial charge in [-0.2, -0.15) is 5.26 Å². The number of nitrogens with zero attached hydrogens (tertiary/aromatic N) is 3. The van der Waals surface area contributed by atoms with Crippen molar-refractivity contribution in [2.75, 3.05) is 19.0 Å². The van der Waals surface area contributed by atoms with Crippen LogP contribution in [0.3, 0.4) is 0 Å². The van der Waals surface area contributed by atoms with Crippen molar-refractivity contribution in [1.82, 2.24) is 9.97 Å². The molecule has 5 heteroatoms. The Morgan fingerprint density at radius 2 is 1.84 bits per heavy atom. The molecule has 1 N–H and O–H groups in total. The highest BCUT2D eigenvalue weighted by Crippen LogP contribution is 2.21. The van der Waals surface area contributed by atoms with E-state index < -0.39 is 0 Å². The minimum atomic E-state index is 0.434. The number of anilines is 1. The van der Waals surface area contributed by atoms with Crippen molar-refractivity contribution in [1.29, 1.82) is 5.26 Å². The first-order valence-electron chi connectivity index (χ1n) is 5.91. The lowest BCUT2D eigenvalue weighted by Crippen LogP contribution is -2.04. The first-order valence-corrected chi connectivity index (χ1v) is 5.91. The van der Waals surface area contributed by atoms with Crippen LogP contribution in [0.5, 0.6) is 5.75 Å². The van der Waals surface area contributed by atoms with Gasteiger partial charge in [0, 0.05) is 24.5 Å². The van der Waals surface area contributed by atoms with Gasteiger partial charge in [0.25, 0.3) is 0 Å². The van der Waals surface area contributed by atoms with E-state index in [2.05, 4.69) is 21.4 Å². The molecule has 19 heavy (non-hydrogen) atoms. The van der Waals surface area contributed by atoms with Crippen molar-refractivity contribution in [3.05, 3.63) is 36.7 Å². The van der Waals surface area contributed by atoms with E-state index in [4.69, 9.17) is 10.00 Å². The van der Waals surface area contributed by atoms with Gasteiger partial charge in [-0.1, -0.05) is 12.1 Å². The second-order valence-electron chi connectivity index (χ2n) is 3.86. The van der Waals surface area contributed by atoms with Gasteiger partial charge < -0.3 is 10.1 Å². The Bertz CT molecular complexity index is 557. The molecule has 2 aromatic rings. The molecule has 1 aromatic heterocycles. The number of nitrogens with one attached hydrogen (secondary N) is 1. The minimum absolute atomic E-state index is 0.434. The van der Waals surface area contributed by atoms with Crippen LogP contribution in [-0.2, 0) is 0 Å². The van der Waals surface area contributed by atoms with Crippen LogP contribution in [0.2, 0.25) is 0 Å². The number of hydrogen-bond acceptors (Lipinski definition) is 5. The average molecular weight is 254 g/mol. The molecule has 0 aliphatic carbocycles. The average Bonchev–Trinajstić information content (AvgIpc) is 2.48. The molecule has 0 unspecified atom stereocenters. The molecule has 0 bridgehead atoms. The number of nitriles is 1. The third-order valence-electron chi connectivity index (χ3n) is 2.60. The van der Waals surface area contributed by atoms with Crippen molar-refractivity contribution in [3.63, 3.8) is 0 Å². The molecule has 0 fully saturated rings. The van der Waals surface area contributed by atoms with E-state index in [0.29, 0.717) is 18.9 Å². The molecular weight excluding hydrogens is 240 g/mol. The van der Waals surface area contributed by atoms with Gasteiger partial charge in [-0.05, 0) is 17.7 Å². The quantitative estimate of drug-likeness (QED) is 0.830. The molecule has 96 valence electrons. The summed E-state index contributed by atoms with van der Waals surface area (Å²) in [4.78, 5) is 8.41. The summed E-state index contributed by atoms with van der Waals surface area (Å²) < 4.78 is 5.11. The van der Waals surface area contributed by atoms with Crippen LogP contribution >= 0.6 is 0 Å². The maximum absolute atomic E-state index is 8.44. The van der Waals surface area contributed by atoms with E-state index in [1.165, 1.54) is 0 Å². The molecule has 0 spiro atoms. The normalized spacial score (nSPS) is 9.68. The van der Waals surface area contributed by atoms with Gasteiger partial charge in [-0.3, -0.25) is 0 Å². The molecule has 0 amide bonds. The highest BCUT2D eigenvalue weighted by atomic mass is 16.5. The summed E-state index contributed by atoms with van der Waals surface area (Å²) in [6.07, 6.45) is 3.94. The van der Waals surface area contributed by atoms with Gasteiger partial charge >= 0.3 is 0 Å². The summed E-state index contributed by atoms with van der Waals surface area (Å²) in [5.74, 6) is 1.35. The van der Waals surface area contributed by atoms with Gasteiger partial charge in [0.2, 0.25) is 5.95 Å². The van der Waals surface area contributed by atoms with Gasteiger partial charge in [0.1, 0.15) is 5.75 Å². The monoisotopic (exact) mass is 254 g/mol. The zero-order chi connectivity index (χ0) is 13.5. The molecule has 1 heterocycles. The summed E-state index contributed by atoms with van der Waals surface area (Å²) in [6, 6.07) is 9.77. The highest BCUT2D eigenvalue weighted by molar-refractivity contribution is 5.62. The minimum Gasteiger partial charge on any atom is -0.497 e. The Hall–Kier alpha value is -2.61. The summed E-state index contributed by atoms with van der Waals surface area (Å²) >= 11 is 0. The van der Waals surface area contributed by atoms with Gasteiger partial charge in [-0.25, -0.2) is 9.97 Å². The number of hydrogen-bond donors (Lipinski definition) is 1. The fraction of sp³-hybridized carbons (Fsp3) is 0.214. The van der Waals surface area contributed by atoms with E-state index in [-0.39, 0.29) is 0 Å². The predicted octanol–water partition coefficient (Wildman–Crippen LogP) is 2.48. The third-order valence-corrected chi connectivity index (χ3v) is 2.60. The lowest BCUT2D eigenvalue weighted by atomic mass is 10.1. The SMILES string of the molecule is COc1ccc(-c2cnc(NCCC#N)nc2)cc1. The van der Waals surface area contributed by atoms with E-state index in [9.17, 15) is 0 Å². The van der Waals surface area contributed by atoms with Crippen LogP contribution in [0.15, 0.2) is 36.7 Å². The smallest absolute Gasteiger partial charge is 0.222 e. The lowest BCUT2D eigenvalue weighted by Gasteiger charge is -2.05. The van der Waals surface area contributed by atoms with E-state index in [1.807, 2.05) is 24.3 Å². The fourth-order valence-electron chi connectivity index (χ4n) is 1.58. The largest absolute Gasteiger partial charge is 0.497 e. The molecule has 0 saturated carbocycles. The highest BCUT2D eigenvalue weighted by Gasteiger charge is 2.00. The van der Waals surface area contributed by atoms with Crippen LogP contribution in [0, 0.1) is 11.3 Å². The van der Waals surface area contributed by atoms with Gasteiger partial charge in [-0.15, -0.1) is 0 Å². The zero-order valence-electron chi connectivity index (χ0n) is 10.6. The second-order valence-corrected chi connectivity index (χ2v) is 3.86. The first kappa shape index (κ1) is 12.8. The Labute approximate surface area is 111 Å². The van der Waals surface area contributed by atoms with Crippen molar-refractivity contribution in [2.45, 2.75) is 6.42 Å². The molecule has 1 aromatic carbocycles. The molecule has 5 nitrogen and oxygen atoms in total. The predicted molar refractivity (Wildman–Crippen MR) is 72.7 cm³/mol. The topological polar surface area (TPSA) is 70.8 Å². The van der Waals surface area contributed by atoms with Crippen LogP contribution in [0.25, 0.3) is 11.1 Å². The fourth-order valence-corrected chi connectivity index (χ4v) is 1.58.